The molecule has 4 aromatic rings. The molecule has 254 valence electrons. The molecule has 4 heterocycles. The molecule has 0 unspecified atom stereocenters. The van der Waals surface area contributed by atoms with Crippen LogP contribution >= 0.6 is 77.2 Å². The van der Waals surface area contributed by atoms with Gasteiger partial charge in [0.05, 0.1) is 7.57 Å². The summed E-state index contributed by atoms with van der Waals surface area (Å²) >= 11 is 15.8. The summed E-state index contributed by atoms with van der Waals surface area (Å²) in [5.41, 5.74) is 6.26. The van der Waals surface area contributed by atoms with Gasteiger partial charge in [0.2, 0.25) is 0 Å². The standard InChI is InChI=1S/C40H56Br2S4/c1-5-9-13-17-21-29-25-33(43-37(29)39-31(27-35(41)45-39)23-19-15-11-7-3)34-26-30(22-18-14-10-6-2)38(44-34)40-32(28-36(42)46-40)24-20-16-12-8-4/h25-28H,5-24H2,1-4H3. The maximum Gasteiger partial charge on any atom is 0.0708 e. The lowest BCUT2D eigenvalue weighted by atomic mass is 10.0. The van der Waals surface area contributed by atoms with Crippen molar-refractivity contribution in [3.8, 4) is 29.3 Å². The Morgan fingerprint density at radius 1 is 0.370 bits per heavy atom. The molecule has 0 aliphatic rings. The predicted octanol–water partition coefficient (Wildman–Crippen LogP) is 16.9. The molecule has 0 atom stereocenters. The highest BCUT2D eigenvalue weighted by Gasteiger charge is 2.22. The largest absolute Gasteiger partial charge is 0.133 e. The van der Waals surface area contributed by atoms with Crippen molar-refractivity contribution in [3.63, 3.8) is 0 Å². The molecule has 0 N–H and O–H groups in total. The lowest BCUT2D eigenvalue weighted by molar-refractivity contribution is 0.666. The Morgan fingerprint density at radius 3 is 0.957 bits per heavy atom. The molecule has 0 aliphatic heterocycles. The number of hydrogen-bond acceptors (Lipinski definition) is 4. The van der Waals surface area contributed by atoms with Crippen LogP contribution in [-0.4, -0.2) is 0 Å². The van der Waals surface area contributed by atoms with E-state index in [-0.39, 0.29) is 0 Å². The quantitative estimate of drug-likeness (QED) is 0.0654. The Hall–Kier alpha value is -0.240. The highest BCUT2D eigenvalue weighted by atomic mass is 79.9. The number of thiophene rings is 4. The van der Waals surface area contributed by atoms with Gasteiger partial charge >= 0.3 is 0 Å². The molecule has 0 amide bonds. The average Bonchev–Trinajstić information content (AvgIpc) is 3.83. The normalized spacial score (nSPS) is 11.7. The van der Waals surface area contributed by atoms with Crippen LogP contribution in [0.2, 0.25) is 0 Å². The first kappa shape index (κ1) is 38.6. The van der Waals surface area contributed by atoms with Crippen LogP contribution in [0.25, 0.3) is 29.3 Å². The number of hydrogen-bond donors (Lipinski definition) is 0. The zero-order chi connectivity index (χ0) is 32.7. The first-order chi connectivity index (χ1) is 22.5. The number of rotatable bonds is 23. The zero-order valence-electron chi connectivity index (χ0n) is 28.8. The van der Waals surface area contributed by atoms with Gasteiger partial charge in [-0.1, -0.05) is 105 Å². The molecule has 0 saturated carbocycles. The fourth-order valence-electron chi connectivity index (χ4n) is 6.37. The van der Waals surface area contributed by atoms with Gasteiger partial charge in [-0.15, -0.1) is 45.3 Å². The van der Waals surface area contributed by atoms with Crippen LogP contribution in [0.3, 0.4) is 0 Å². The molecule has 0 aromatic carbocycles. The fourth-order valence-corrected chi connectivity index (χ4v) is 12.7. The summed E-state index contributed by atoms with van der Waals surface area (Å²) in [4.78, 5) is 9.10. The van der Waals surface area contributed by atoms with E-state index in [1.54, 1.807) is 32.0 Å². The van der Waals surface area contributed by atoms with Gasteiger partial charge in [0, 0.05) is 29.3 Å². The van der Waals surface area contributed by atoms with Crippen LogP contribution in [0.15, 0.2) is 31.8 Å². The number of aryl methyl sites for hydroxylation is 4. The molecule has 0 nitrogen and oxygen atoms in total. The summed E-state index contributed by atoms with van der Waals surface area (Å²) in [6, 6.07) is 10.0. The molecule has 0 aliphatic carbocycles. The fraction of sp³-hybridized carbons (Fsp3) is 0.600. The van der Waals surface area contributed by atoms with Gasteiger partial charge in [0.25, 0.3) is 0 Å². The molecule has 0 bridgehead atoms. The minimum absolute atomic E-state index is 1.19. The predicted molar refractivity (Wildman–Crippen MR) is 221 cm³/mol. The maximum absolute atomic E-state index is 3.88. The van der Waals surface area contributed by atoms with Crippen molar-refractivity contribution in [1.29, 1.82) is 0 Å². The van der Waals surface area contributed by atoms with Gasteiger partial charge in [-0.25, -0.2) is 0 Å². The molecule has 4 rings (SSSR count). The average molecular weight is 825 g/mol. The van der Waals surface area contributed by atoms with Crippen LogP contribution in [0.5, 0.6) is 0 Å². The van der Waals surface area contributed by atoms with Crippen molar-refractivity contribution in [2.75, 3.05) is 0 Å². The number of halogens is 2. The second-order valence-corrected chi connectivity index (χ2v) is 19.9. The van der Waals surface area contributed by atoms with Crippen LogP contribution in [-0.2, 0) is 25.7 Å². The van der Waals surface area contributed by atoms with E-state index >= 15 is 0 Å². The third kappa shape index (κ3) is 11.4. The van der Waals surface area contributed by atoms with Crippen LogP contribution in [0.4, 0.5) is 0 Å². The summed E-state index contributed by atoms with van der Waals surface area (Å²) in [5, 5.41) is 0. The second-order valence-electron chi connectivity index (χ2n) is 13.0. The monoisotopic (exact) mass is 822 g/mol. The zero-order valence-corrected chi connectivity index (χ0v) is 35.3. The summed E-state index contributed by atoms with van der Waals surface area (Å²) in [5.74, 6) is 0. The minimum Gasteiger partial charge on any atom is -0.133 e. The van der Waals surface area contributed by atoms with Crippen molar-refractivity contribution in [2.45, 2.75) is 156 Å². The van der Waals surface area contributed by atoms with Crippen molar-refractivity contribution in [3.05, 3.63) is 54.1 Å². The topological polar surface area (TPSA) is 0 Å². The maximum atomic E-state index is 3.88. The van der Waals surface area contributed by atoms with Crippen molar-refractivity contribution >= 4 is 77.2 Å². The molecule has 0 saturated heterocycles. The van der Waals surface area contributed by atoms with E-state index < -0.39 is 0 Å². The third-order valence-electron chi connectivity index (χ3n) is 9.03. The van der Waals surface area contributed by atoms with Crippen molar-refractivity contribution in [1.82, 2.24) is 0 Å². The molecule has 0 fully saturated rings. The van der Waals surface area contributed by atoms with Gasteiger partial charge in [0.1, 0.15) is 0 Å². The van der Waals surface area contributed by atoms with E-state index in [4.69, 9.17) is 0 Å². The van der Waals surface area contributed by atoms with Crippen molar-refractivity contribution in [2.24, 2.45) is 0 Å². The Labute approximate surface area is 314 Å². The molecular formula is C40H56Br2S4. The highest BCUT2D eigenvalue weighted by Crippen LogP contribution is 2.50. The van der Waals surface area contributed by atoms with Crippen LogP contribution in [0, 0.1) is 0 Å². The van der Waals surface area contributed by atoms with Gasteiger partial charge in [-0.05, 0) is 130 Å². The molecule has 0 spiro atoms. The smallest absolute Gasteiger partial charge is 0.0708 e. The van der Waals surface area contributed by atoms with E-state index in [0.29, 0.717) is 0 Å². The van der Waals surface area contributed by atoms with Gasteiger partial charge < -0.3 is 0 Å². The first-order valence-corrected chi connectivity index (χ1v) is 23.2. The number of unbranched alkanes of at least 4 members (excludes halogenated alkanes) is 12. The molecule has 46 heavy (non-hydrogen) atoms. The Balaban J connectivity index is 1.71. The lowest BCUT2D eigenvalue weighted by Crippen LogP contribution is -1.89. The van der Waals surface area contributed by atoms with Crippen molar-refractivity contribution < 1.29 is 0 Å². The van der Waals surface area contributed by atoms with E-state index in [2.05, 4.69) is 106 Å². The summed E-state index contributed by atoms with van der Waals surface area (Å²) in [6.07, 6.45) is 25.8. The molecule has 6 heteroatoms. The molecule has 0 radical (unpaired) electrons. The van der Waals surface area contributed by atoms with E-state index in [1.165, 1.54) is 155 Å². The lowest BCUT2D eigenvalue weighted by Gasteiger charge is -2.06. The van der Waals surface area contributed by atoms with E-state index in [1.807, 2.05) is 22.7 Å². The van der Waals surface area contributed by atoms with E-state index in [9.17, 15) is 0 Å². The Bertz CT molecular complexity index is 1330. The summed E-state index contributed by atoms with van der Waals surface area (Å²) in [7, 11) is 0. The Kier molecular flexibility index (Phi) is 17.7. The van der Waals surface area contributed by atoms with Gasteiger partial charge in [-0.3, -0.25) is 0 Å². The first-order valence-electron chi connectivity index (χ1n) is 18.3. The SMILES string of the molecule is CCCCCCc1cc(Br)sc1-c1sc(-c2cc(CCCCCC)c(-c3sc(Br)cc3CCCCCC)s2)cc1CCCCCC. The van der Waals surface area contributed by atoms with E-state index in [0.717, 1.165) is 0 Å². The molecule has 4 aromatic heterocycles. The van der Waals surface area contributed by atoms with Crippen LogP contribution < -0.4 is 0 Å². The second kappa shape index (κ2) is 21.1. The summed E-state index contributed by atoms with van der Waals surface area (Å²) in [6.45, 7) is 9.25. The third-order valence-corrected chi connectivity index (χ3v) is 15.3. The molecular weight excluding hydrogens is 769 g/mol. The summed E-state index contributed by atoms with van der Waals surface area (Å²) < 4.78 is 2.56. The highest BCUT2D eigenvalue weighted by molar-refractivity contribution is 9.11. The van der Waals surface area contributed by atoms with Crippen LogP contribution in [0.1, 0.15) is 153 Å². The van der Waals surface area contributed by atoms with Gasteiger partial charge in [0.15, 0.2) is 0 Å². The Morgan fingerprint density at radius 2 is 0.652 bits per heavy atom. The van der Waals surface area contributed by atoms with Gasteiger partial charge in [-0.2, -0.15) is 0 Å². The minimum atomic E-state index is 1.19.